The van der Waals surface area contributed by atoms with Crippen molar-refractivity contribution in [1.82, 2.24) is 4.98 Å². The zero-order chi connectivity index (χ0) is 9.42. The number of anilines is 1. The van der Waals surface area contributed by atoms with E-state index in [0.717, 1.165) is 12.2 Å². The molecule has 0 aromatic carbocycles. The van der Waals surface area contributed by atoms with Crippen LogP contribution in [0.5, 0.6) is 0 Å². The van der Waals surface area contributed by atoms with Gasteiger partial charge in [-0.2, -0.15) is 0 Å². The molecule has 0 bridgehead atoms. The monoisotopic (exact) mass is 288 g/mol. The minimum atomic E-state index is 0.568. The normalized spacial score (nSPS) is 20.2. The first-order valence-corrected chi connectivity index (χ1v) is 5.66. The summed E-state index contributed by atoms with van der Waals surface area (Å²) in [7, 11) is 0. The van der Waals surface area contributed by atoms with Crippen LogP contribution < -0.4 is 5.32 Å². The van der Waals surface area contributed by atoms with Crippen molar-refractivity contribution in [2.75, 3.05) is 5.32 Å². The summed E-state index contributed by atoms with van der Waals surface area (Å²) in [6.45, 7) is 4.49. The lowest BCUT2D eigenvalue weighted by Gasteiger charge is -2.14. The van der Waals surface area contributed by atoms with E-state index >= 15 is 0 Å². The fraction of sp³-hybridized carbons (Fsp3) is 0.500. The van der Waals surface area contributed by atoms with Gasteiger partial charge < -0.3 is 5.32 Å². The average Bonchev–Trinajstić information content (AvgIpc) is 2.49. The van der Waals surface area contributed by atoms with Gasteiger partial charge in [-0.1, -0.05) is 13.8 Å². The van der Waals surface area contributed by atoms with Crippen LogP contribution in [0.4, 0.5) is 5.82 Å². The van der Waals surface area contributed by atoms with Gasteiger partial charge in [0.05, 0.1) is 0 Å². The van der Waals surface area contributed by atoms with Gasteiger partial charge in [-0.05, 0) is 41.0 Å². The molecular weight excluding hydrogens is 275 g/mol. The largest absolute Gasteiger partial charge is 0.366 e. The van der Waals surface area contributed by atoms with Crippen LogP contribution >= 0.6 is 22.6 Å². The number of aromatic nitrogens is 1. The van der Waals surface area contributed by atoms with Crippen molar-refractivity contribution in [3.05, 3.63) is 21.4 Å². The fourth-order valence-electron chi connectivity index (χ4n) is 1.64. The highest BCUT2D eigenvalue weighted by Crippen LogP contribution is 2.30. The zero-order valence-corrected chi connectivity index (χ0v) is 10.00. The van der Waals surface area contributed by atoms with Crippen molar-refractivity contribution in [3.63, 3.8) is 0 Å². The SMILES string of the molecule is CC(C)[C@@H]1Cc2c(I)ccnc2N1. The number of fused-ring (bicyclic) bond motifs is 1. The maximum absolute atomic E-state index is 4.34. The zero-order valence-electron chi connectivity index (χ0n) is 7.84. The minimum Gasteiger partial charge on any atom is -0.366 e. The van der Waals surface area contributed by atoms with Gasteiger partial charge in [0, 0.05) is 21.4 Å². The van der Waals surface area contributed by atoms with E-state index in [2.05, 4.69) is 52.8 Å². The molecule has 2 heterocycles. The highest BCUT2D eigenvalue weighted by atomic mass is 127. The van der Waals surface area contributed by atoms with E-state index in [4.69, 9.17) is 0 Å². The molecule has 2 rings (SSSR count). The number of nitrogens with one attached hydrogen (secondary N) is 1. The van der Waals surface area contributed by atoms with Crippen molar-refractivity contribution < 1.29 is 0 Å². The van der Waals surface area contributed by atoms with E-state index in [1.807, 2.05) is 6.20 Å². The number of hydrogen-bond donors (Lipinski definition) is 1. The van der Waals surface area contributed by atoms with Crippen LogP contribution in [-0.2, 0) is 6.42 Å². The standard InChI is InChI=1S/C10H13IN2/c1-6(2)9-5-7-8(11)3-4-12-10(7)13-9/h3-4,6,9H,5H2,1-2H3,(H,12,13)/t9-/m0/s1. The molecule has 0 saturated carbocycles. The second kappa shape index (κ2) is 3.44. The summed E-state index contributed by atoms with van der Waals surface area (Å²) in [4.78, 5) is 4.34. The first kappa shape index (κ1) is 9.24. The summed E-state index contributed by atoms with van der Waals surface area (Å²) < 4.78 is 1.33. The Morgan fingerprint density at radius 2 is 2.38 bits per heavy atom. The number of pyridine rings is 1. The molecule has 1 N–H and O–H groups in total. The molecule has 0 spiro atoms. The number of nitrogens with zero attached hydrogens (tertiary/aromatic N) is 1. The van der Waals surface area contributed by atoms with Crippen LogP contribution in [0.3, 0.4) is 0 Å². The maximum atomic E-state index is 4.34. The van der Waals surface area contributed by atoms with Gasteiger partial charge in [-0.15, -0.1) is 0 Å². The van der Waals surface area contributed by atoms with Crippen LogP contribution in [0.1, 0.15) is 19.4 Å². The van der Waals surface area contributed by atoms with Crippen LogP contribution in [0, 0.1) is 9.49 Å². The molecule has 1 aliphatic rings. The predicted octanol–water partition coefficient (Wildman–Crippen LogP) is 2.68. The average molecular weight is 288 g/mol. The van der Waals surface area contributed by atoms with E-state index in [0.29, 0.717) is 12.0 Å². The van der Waals surface area contributed by atoms with E-state index in [1.165, 1.54) is 9.13 Å². The molecule has 0 fully saturated rings. The highest BCUT2D eigenvalue weighted by molar-refractivity contribution is 14.1. The summed E-state index contributed by atoms with van der Waals surface area (Å²) in [5.74, 6) is 1.76. The van der Waals surface area contributed by atoms with Crippen LogP contribution in [0.2, 0.25) is 0 Å². The molecule has 3 heteroatoms. The summed E-state index contributed by atoms with van der Waals surface area (Å²) in [5.41, 5.74) is 1.39. The summed E-state index contributed by atoms with van der Waals surface area (Å²) >= 11 is 2.38. The third kappa shape index (κ3) is 1.66. The Labute approximate surface area is 92.3 Å². The fourth-order valence-corrected chi connectivity index (χ4v) is 2.27. The molecule has 1 aromatic rings. The highest BCUT2D eigenvalue weighted by Gasteiger charge is 2.25. The van der Waals surface area contributed by atoms with E-state index < -0.39 is 0 Å². The summed E-state index contributed by atoms with van der Waals surface area (Å²) in [6, 6.07) is 2.64. The summed E-state index contributed by atoms with van der Waals surface area (Å²) in [6.07, 6.45) is 3.00. The molecule has 70 valence electrons. The molecule has 2 nitrogen and oxygen atoms in total. The Hall–Kier alpha value is -0.320. The Morgan fingerprint density at radius 1 is 1.62 bits per heavy atom. The van der Waals surface area contributed by atoms with E-state index in [1.54, 1.807) is 0 Å². The van der Waals surface area contributed by atoms with E-state index in [9.17, 15) is 0 Å². The lowest BCUT2D eigenvalue weighted by Crippen LogP contribution is -2.22. The molecular formula is C10H13IN2. The lowest BCUT2D eigenvalue weighted by molar-refractivity contribution is 0.537. The first-order valence-electron chi connectivity index (χ1n) is 4.58. The van der Waals surface area contributed by atoms with Gasteiger partial charge in [0.25, 0.3) is 0 Å². The second-order valence-corrected chi connectivity index (χ2v) is 4.98. The smallest absolute Gasteiger partial charge is 0.130 e. The van der Waals surface area contributed by atoms with Gasteiger partial charge in [0.1, 0.15) is 5.82 Å². The summed E-state index contributed by atoms with van der Waals surface area (Å²) in [5, 5.41) is 3.46. The number of rotatable bonds is 1. The maximum Gasteiger partial charge on any atom is 0.130 e. The minimum absolute atomic E-state index is 0.568. The van der Waals surface area contributed by atoms with E-state index in [-0.39, 0.29) is 0 Å². The molecule has 0 amide bonds. The van der Waals surface area contributed by atoms with Crippen LogP contribution in [0.15, 0.2) is 12.3 Å². The van der Waals surface area contributed by atoms with Crippen LogP contribution in [0.25, 0.3) is 0 Å². The molecule has 0 saturated heterocycles. The van der Waals surface area contributed by atoms with Gasteiger partial charge in [0.2, 0.25) is 0 Å². The third-order valence-electron chi connectivity index (χ3n) is 2.55. The van der Waals surface area contributed by atoms with Crippen molar-refractivity contribution in [2.45, 2.75) is 26.3 Å². The van der Waals surface area contributed by atoms with Crippen molar-refractivity contribution in [3.8, 4) is 0 Å². The molecule has 1 aromatic heterocycles. The van der Waals surface area contributed by atoms with Gasteiger partial charge in [0.15, 0.2) is 0 Å². The van der Waals surface area contributed by atoms with Crippen molar-refractivity contribution in [1.29, 1.82) is 0 Å². The Balaban J connectivity index is 2.30. The van der Waals surface area contributed by atoms with Gasteiger partial charge >= 0.3 is 0 Å². The molecule has 1 atom stereocenters. The number of halogens is 1. The predicted molar refractivity (Wildman–Crippen MR) is 62.9 cm³/mol. The Bertz CT molecular complexity index is 323. The number of hydrogen-bond acceptors (Lipinski definition) is 2. The molecule has 13 heavy (non-hydrogen) atoms. The second-order valence-electron chi connectivity index (χ2n) is 3.82. The van der Waals surface area contributed by atoms with Crippen molar-refractivity contribution >= 4 is 28.4 Å². The quantitative estimate of drug-likeness (QED) is 0.804. The molecule has 0 radical (unpaired) electrons. The molecule has 0 unspecified atom stereocenters. The van der Waals surface area contributed by atoms with Gasteiger partial charge in [-0.25, -0.2) is 4.98 Å². The Kier molecular flexibility index (Phi) is 2.45. The van der Waals surface area contributed by atoms with Crippen molar-refractivity contribution in [2.24, 2.45) is 5.92 Å². The molecule has 0 aliphatic carbocycles. The topological polar surface area (TPSA) is 24.9 Å². The lowest BCUT2D eigenvalue weighted by atomic mass is 10.0. The van der Waals surface area contributed by atoms with Crippen LogP contribution in [-0.4, -0.2) is 11.0 Å². The Morgan fingerprint density at radius 3 is 3.00 bits per heavy atom. The van der Waals surface area contributed by atoms with Gasteiger partial charge in [-0.3, -0.25) is 0 Å². The molecule has 1 aliphatic heterocycles. The third-order valence-corrected chi connectivity index (χ3v) is 3.56. The first-order chi connectivity index (χ1) is 6.18.